The number of fused-ring (bicyclic) bond motifs is 1. The number of imidazole rings is 1. The predicted molar refractivity (Wildman–Crippen MR) is 133 cm³/mol. The maximum Gasteiger partial charge on any atom is 0.459 e. The van der Waals surface area contributed by atoms with Crippen molar-refractivity contribution in [3.63, 3.8) is 0 Å². The number of methoxy groups -OCH3 is 1. The molecule has 0 amide bonds. The lowest BCUT2D eigenvalue weighted by molar-refractivity contribution is -0.149. The van der Waals surface area contributed by atoms with Crippen molar-refractivity contribution >= 4 is 30.8 Å². The minimum absolute atomic E-state index is 0.107. The second kappa shape index (κ2) is 10.8. The van der Waals surface area contributed by atoms with E-state index in [1.807, 2.05) is 10.6 Å². The van der Waals surface area contributed by atoms with Crippen molar-refractivity contribution in [3.05, 3.63) is 36.7 Å². The largest absolute Gasteiger partial charge is 0.479 e. The van der Waals surface area contributed by atoms with E-state index in [0.717, 1.165) is 12.8 Å². The van der Waals surface area contributed by atoms with Crippen LogP contribution in [0.5, 0.6) is 11.6 Å². The number of nitrogens with two attached hydrogens (primary N) is 1. The van der Waals surface area contributed by atoms with Crippen LogP contribution in [0.25, 0.3) is 11.2 Å². The molecule has 1 unspecified atom stereocenters. The van der Waals surface area contributed by atoms with Crippen molar-refractivity contribution in [2.24, 2.45) is 5.92 Å². The molecule has 1 fully saturated rings. The molecule has 0 aliphatic heterocycles. The summed E-state index contributed by atoms with van der Waals surface area (Å²) in [5.74, 6) is 0.361. The Bertz CT molecular complexity index is 1250. The molecule has 3 aromatic rings. The van der Waals surface area contributed by atoms with Crippen LogP contribution in [0.1, 0.15) is 39.7 Å². The van der Waals surface area contributed by atoms with E-state index < -0.39 is 19.8 Å². The van der Waals surface area contributed by atoms with Gasteiger partial charge in [0.05, 0.1) is 26.1 Å². The molecule has 0 spiro atoms. The molecule has 1 saturated carbocycles. The number of carbonyl (C=O) groups excluding carboxylic acids is 1. The smallest absolute Gasteiger partial charge is 0.459 e. The summed E-state index contributed by atoms with van der Waals surface area (Å²) in [7, 11) is -2.38. The van der Waals surface area contributed by atoms with Crippen molar-refractivity contribution < 1.29 is 27.9 Å². The van der Waals surface area contributed by atoms with Gasteiger partial charge >= 0.3 is 13.7 Å². The van der Waals surface area contributed by atoms with Gasteiger partial charge in [-0.15, -0.1) is 0 Å². The fourth-order valence-electron chi connectivity index (χ4n) is 3.92. The number of para-hydroxylation sites is 1. The summed E-state index contributed by atoms with van der Waals surface area (Å²) in [5.41, 5.74) is 6.95. The standard InChI is InChI=1S/C23H31N6O6P/c1-14(2)34-22(30)15(3)28-36(31,35-18-8-6-5-7-9-18)33-12-16-10-17(11-16)29-13-25-19-20(29)26-23(24)27-21(19)32-4/h5-9,13-17H,10-12H2,1-4H3,(H,28,31)(H2,24,26,27)/t15-,16?,17?,36?/m0/s1. The lowest BCUT2D eigenvalue weighted by Crippen LogP contribution is -2.37. The summed E-state index contributed by atoms with van der Waals surface area (Å²) in [6, 6.07) is 7.89. The Balaban J connectivity index is 1.41. The topological polar surface area (TPSA) is 153 Å². The number of hydrogen-bond donors (Lipinski definition) is 2. The van der Waals surface area contributed by atoms with Gasteiger partial charge in [-0.2, -0.15) is 15.1 Å². The first-order valence-electron chi connectivity index (χ1n) is 11.7. The van der Waals surface area contributed by atoms with Crippen molar-refractivity contribution in [3.8, 4) is 11.6 Å². The maximum atomic E-state index is 13.6. The van der Waals surface area contributed by atoms with Crippen LogP contribution in [0.4, 0.5) is 5.95 Å². The fourth-order valence-corrected chi connectivity index (χ4v) is 5.48. The van der Waals surface area contributed by atoms with Crippen molar-refractivity contribution in [2.45, 2.75) is 51.8 Å². The number of anilines is 1. The van der Waals surface area contributed by atoms with E-state index >= 15 is 0 Å². The molecule has 1 aromatic carbocycles. The van der Waals surface area contributed by atoms with E-state index in [0.29, 0.717) is 22.8 Å². The average molecular weight is 519 g/mol. The number of nitrogens with one attached hydrogen (secondary N) is 1. The summed E-state index contributed by atoms with van der Waals surface area (Å²) in [5, 5.41) is 2.71. The number of aromatic nitrogens is 4. The average Bonchev–Trinajstić information content (AvgIpc) is 3.21. The van der Waals surface area contributed by atoms with Gasteiger partial charge in [0.1, 0.15) is 11.8 Å². The Morgan fingerprint density at radius 1 is 1.22 bits per heavy atom. The second-order valence-corrected chi connectivity index (χ2v) is 10.6. The highest BCUT2D eigenvalue weighted by atomic mass is 31.2. The van der Waals surface area contributed by atoms with Gasteiger partial charge in [-0.05, 0) is 51.7 Å². The number of rotatable bonds is 11. The molecule has 0 radical (unpaired) electrons. The second-order valence-electron chi connectivity index (χ2n) is 8.94. The lowest BCUT2D eigenvalue weighted by Gasteiger charge is -2.36. The molecule has 36 heavy (non-hydrogen) atoms. The lowest BCUT2D eigenvalue weighted by atomic mass is 9.81. The molecule has 1 aliphatic carbocycles. The van der Waals surface area contributed by atoms with Crippen LogP contribution in [0, 0.1) is 5.92 Å². The zero-order valence-electron chi connectivity index (χ0n) is 20.7. The normalized spacial score (nSPS) is 19.9. The van der Waals surface area contributed by atoms with E-state index in [2.05, 4.69) is 20.0 Å². The van der Waals surface area contributed by atoms with Crippen molar-refractivity contribution in [1.82, 2.24) is 24.6 Å². The van der Waals surface area contributed by atoms with Gasteiger partial charge in [0.25, 0.3) is 0 Å². The summed E-state index contributed by atoms with van der Waals surface area (Å²) < 4.78 is 37.5. The molecular weight excluding hydrogens is 487 g/mol. The number of hydrogen-bond acceptors (Lipinski definition) is 10. The Kier molecular flexibility index (Phi) is 7.77. The van der Waals surface area contributed by atoms with E-state index in [9.17, 15) is 9.36 Å². The van der Waals surface area contributed by atoms with Gasteiger partial charge in [-0.25, -0.2) is 9.55 Å². The SMILES string of the molecule is COc1nc(N)nc2c1ncn2C1CC(COP(=O)(N[C@@H](C)C(=O)OC(C)C)Oc2ccccc2)C1. The van der Waals surface area contributed by atoms with Gasteiger partial charge in [0.2, 0.25) is 11.8 Å². The number of nitrogens with zero attached hydrogens (tertiary/aromatic N) is 4. The minimum Gasteiger partial charge on any atom is -0.479 e. The highest BCUT2D eigenvalue weighted by Gasteiger charge is 2.37. The number of esters is 1. The highest BCUT2D eigenvalue weighted by molar-refractivity contribution is 7.52. The van der Waals surface area contributed by atoms with Gasteiger partial charge in [0.15, 0.2) is 11.2 Å². The summed E-state index contributed by atoms with van der Waals surface area (Å²) in [4.78, 5) is 25.0. The third kappa shape index (κ3) is 5.95. The predicted octanol–water partition coefficient (Wildman–Crippen LogP) is 3.50. The fraction of sp³-hybridized carbons (Fsp3) is 0.478. The van der Waals surface area contributed by atoms with E-state index in [1.165, 1.54) is 7.11 Å². The monoisotopic (exact) mass is 518 g/mol. The van der Waals surface area contributed by atoms with Crippen molar-refractivity contribution in [1.29, 1.82) is 0 Å². The molecule has 2 heterocycles. The van der Waals surface area contributed by atoms with Gasteiger partial charge < -0.3 is 24.3 Å². The first kappa shape index (κ1) is 25.9. The van der Waals surface area contributed by atoms with Gasteiger partial charge in [0, 0.05) is 6.04 Å². The quantitative estimate of drug-likeness (QED) is 0.283. The molecule has 1 aliphatic rings. The van der Waals surface area contributed by atoms with Gasteiger partial charge in [-0.3, -0.25) is 9.32 Å². The van der Waals surface area contributed by atoms with Crippen LogP contribution in [-0.4, -0.2) is 51.4 Å². The molecule has 3 N–H and O–H groups in total. The molecule has 0 bridgehead atoms. The Morgan fingerprint density at radius 3 is 2.61 bits per heavy atom. The number of nitrogen functional groups attached to an aromatic ring is 1. The van der Waals surface area contributed by atoms with Crippen LogP contribution < -0.4 is 20.1 Å². The zero-order valence-corrected chi connectivity index (χ0v) is 21.6. The third-order valence-electron chi connectivity index (χ3n) is 5.71. The highest BCUT2D eigenvalue weighted by Crippen LogP contribution is 2.48. The molecule has 2 atom stereocenters. The Morgan fingerprint density at radius 2 is 1.94 bits per heavy atom. The summed E-state index contributed by atoms with van der Waals surface area (Å²) in [6.45, 7) is 5.22. The summed E-state index contributed by atoms with van der Waals surface area (Å²) in [6.07, 6.45) is 2.88. The van der Waals surface area contributed by atoms with E-state index in [1.54, 1.807) is 51.4 Å². The number of benzene rings is 1. The Hall–Kier alpha value is -3.21. The molecule has 0 saturated heterocycles. The number of ether oxygens (including phenoxy) is 2. The first-order valence-corrected chi connectivity index (χ1v) is 13.2. The maximum absolute atomic E-state index is 13.6. The van der Waals surface area contributed by atoms with E-state index in [-0.39, 0.29) is 30.6 Å². The third-order valence-corrected chi connectivity index (χ3v) is 7.35. The molecule has 13 heteroatoms. The summed E-state index contributed by atoms with van der Waals surface area (Å²) >= 11 is 0. The molecule has 194 valence electrons. The molecule has 2 aromatic heterocycles. The van der Waals surface area contributed by atoms with E-state index in [4.69, 9.17) is 24.3 Å². The van der Waals surface area contributed by atoms with Crippen LogP contribution >= 0.6 is 7.75 Å². The number of carbonyl (C=O) groups is 1. The Labute approximate surface area is 209 Å². The minimum atomic E-state index is -3.89. The first-order chi connectivity index (χ1) is 17.2. The van der Waals surface area contributed by atoms with Gasteiger partial charge in [-0.1, -0.05) is 18.2 Å². The van der Waals surface area contributed by atoms with Crippen LogP contribution in [0.2, 0.25) is 0 Å². The molecule has 12 nitrogen and oxygen atoms in total. The van der Waals surface area contributed by atoms with Crippen LogP contribution in [0.15, 0.2) is 36.7 Å². The van der Waals surface area contributed by atoms with Crippen LogP contribution in [0.3, 0.4) is 0 Å². The molecular formula is C23H31N6O6P. The van der Waals surface area contributed by atoms with Crippen molar-refractivity contribution in [2.75, 3.05) is 19.5 Å². The van der Waals surface area contributed by atoms with Crippen LogP contribution in [-0.2, 0) is 18.6 Å². The molecule has 4 rings (SSSR count). The zero-order chi connectivity index (χ0) is 25.9.